The molecule has 0 saturated carbocycles. The SMILES string of the molecule is C=C(NCC(=O)OF)c1nc(Cl)c2c(sc3ccc(N)cc32)c1C. The van der Waals surface area contributed by atoms with E-state index in [1.165, 1.54) is 0 Å². The summed E-state index contributed by atoms with van der Waals surface area (Å²) in [5.74, 6) is -1.04. The van der Waals surface area contributed by atoms with Crippen LogP contribution in [0.2, 0.25) is 5.15 Å². The minimum Gasteiger partial charge on any atom is -0.399 e. The molecule has 0 aliphatic carbocycles. The number of aromatic nitrogens is 1. The Balaban J connectivity index is 2.11. The highest BCUT2D eigenvalue weighted by atomic mass is 35.5. The van der Waals surface area contributed by atoms with Gasteiger partial charge in [-0.3, -0.25) is 4.94 Å². The number of nitrogens with two attached hydrogens (primary N) is 1. The van der Waals surface area contributed by atoms with Gasteiger partial charge in [0.15, 0.2) is 0 Å². The van der Waals surface area contributed by atoms with E-state index in [4.69, 9.17) is 17.3 Å². The summed E-state index contributed by atoms with van der Waals surface area (Å²) in [6.07, 6.45) is 0. The monoisotopic (exact) mass is 365 g/mol. The topological polar surface area (TPSA) is 77.2 Å². The number of thiophene rings is 1. The molecule has 0 amide bonds. The number of nitrogens with zero attached hydrogens (tertiary/aromatic N) is 1. The number of nitrogens with one attached hydrogen (secondary N) is 1. The zero-order valence-corrected chi connectivity index (χ0v) is 14.2. The van der Waals surface area contributed by atoms with Crippen molar-refractivity contribution in [3.8, 4) is 0 Å². The number of fused-ring (bicyclic) bond motifs is 3. The van der Waals surface area contributed by atoms with Crippen LogP contribution in [0.4, 0.5) is 10.2 Å². The summed E-state index contributed by atoms with van der Waals surface area (Å²) in [5.41, 5.74) is 8.25. The first-order valence-corrected chi connectivity index (χ1v) is 8.14. The van der Waals surface area contributed by atoms with E-state index in [2.05, 4.69) is 21.8 Å². The van der Waals surface area contributed by atoms with E-state index in [0.29, 0.717) is 22.2 Å². The predicted molar refractivity (Wildman–Crippen MR) is 95.5 cm³/mol. The Morgan fingerprint density at radius 2 is 2.29 bits per heavy atom. The molecule has 8 heteroatoms. The minimum absolute atomic E-state index is 0.318. The van der Waals surface area contributed by atoms with Crippen molar-refractivity contribution in [3.05, 3.63) is 41.2 Å². The number of carbonyl (C=O) groups is 1. The molecule has 5 nitrogen and oxygen atoms in total. The molecule has 3 N–H and O–H groups in total. The number of nitrogen functional groups attached to an aromatic ring is 1. The number of hydrogen-bond acceptors (Lipinski definition) is 6. The molecule has 0 radical (unpaired) electrons. The number of rotatable bonds is 4. The van der Waals surface area contributed by atoms with Gasteiger partial charge in [-0.15, -0.1) is 11.3 Å². The zero-order chi connectivity index (χ0) is 17.4. The van der Waals surface area contributed by atoms with Gasteiger partial charge < -0.3 is 11.1 Å². The largest absolute Gasteiger partial charge is 0.399 e. The molecule has 24 heavy (non-hydrogen) atoms. The van der Waals surface area contributed by atoms with Crippen molar-refractivity contribution < 1.29 is 14.3 Å². The van der Waals surface area contributed by atoms with Crippen LogP contribution in [-0.4, -0.2) is 17.5 Å². The molecular weight excluding hydrogens is 353 g/mol. The fraction of sp³-hybridized carbons (Fsp3) is 0.125. The van der Waals surface area contributed by atoms with E-state index in [9.17, 15) is 9.32 Å². The molecule has 0 aliphatic heterocycles. The first-order chi connectivity index (χ1) is 11.4. The first kappa shape index (κ1) is 16.5. The Morgan fingerprint density at radius 3 is 3.00 bits per heavy atom. The molecule has 0 fully saturated rings. The van der Waals surface area contributed by atoms with Crippen LogP contribution in [-0.2, 0) is 9.74 Å². The maximum absolute atomic E-state index is 11.8. The van der Waals surface area contributed by atoms with Gasteiger partial charge in [0.25, 0.3) is 0 Å². The number of pyridine rings is 1. The van der Waals surface area contributed by atoms with Gasteiger partial charge in [0.05, 0.1) is 11.4 Å². The number of benzene rings is 1. The van der Waals surface area contributed by atoms with E-state index in [1.807, 2.05) is 25.1 Å². The van der Waals surface area contributed by atoms with Crippen molar-refractivity contribution in [1.82, 2.24) is 10.3 Å². The van der Waals surface area contributed by atoms with Crippen LogP contribution in [0.25, 0.3) is 25.9 Å². The Morgan fingerprint density at radius 1 is 1.54 bits per heavy atom. The van der Waals surface area contributed by atoms with Gasteiger partial charge in [-0.2, -0.15) is 0 Å². The molecule has 0 aliphatic rings. The zero-order valence-electron chi connectivity index (χ0n) is 12.7. The van der Waals surface area contributed by atoms with Crippen LogP contribution >= 0.6 is 22.9 Å². The Hall–Kier alpha value is -2.38. The molecular formula is C16H13ClFN3O2S. The second kappa shape index (κ2) is 6.26. The van der Waals surface area contributed by atoms with Crippen LogP contribution in [0, 0.1) is 6.92 Å². The number of carbonyl (C=O) groups excluding carboxylic acids is 1. The molecule has 1 aromatic carbocycles. The van der Waals surface area contributed by atoms with Crippen LogP contribution in [0.5, 0.6) is 0 Å². The van der Waals surface area contributed by atoms with Crippen molar-refractivity contribution in [2.75, 3.05) is 12.3 Å². The number of aryl methyl sites for hydroxylation is 1. The fourth-order valence-corrected chi connectivity index (χ4v) is 4.04. The first-order valence-electron chi connectivity index (χ1n) is 6.94. The highest BCUT2D eigenvalue weighted by molar-refractivity contribution is 7.26. The highest BCUT2D eigenvalue weighted by Crippen LogP contribution is 2.41. The van der Waals surface area contributed by atoms with Gasteiger partial charge in [0.1, 0.15) is 11.7 Å². The maximum atomic E-state index is 11.8. The molecule has 0 unspecified atom stereocenters. The lowest BCUT2D eigenvalue weighted by Gasteiger charge is -2.11. The van der Waals surface area contributed by atoms with E-state index in [0.717, 1.165) is 25.7 Å². The number of hydrogen-bond donors (Lipinski definition) is 2. The Labute approximate surface area is 145 Å². The Bertz CT molecular complexity index is 987. The summed E-state index contributed by atoms with van der Waals surface area (Å²) in [6, 6.07) is 5.64. The van der Waals surface area contributed by atoms with Crippen LogP contribution in [0.1, 0.15) is 11.3 Å². The number of anilines is 1. The third kappa shape index (κ3) is 2.76. The van der Waals surface area contributed by atoms with Gasteiger partial charge in [0, 0.05) is 30.4 Å². The molecule has 0 saturated heterocycles. The van der Waals surface area contributed by atoms with Gasteiger partial charge in [-0.25, -0.2) is 9.78 Å². The average molecular weight is 366 g/mol. The third-order valence-corrected chi connectivity index (χ3v) is 5.21. The van der Waals surface area contributed by atoms with Crippen LogP contribution in [0.15, 0.2) is 24.8 Å². The smallest absolute Gasteiger partial charge is 0.367 e. The maximum Gasteiger partial charge on any atom is 0.367 e. The van der Waals surface area contributed by atoms with Crippen molar-refractivity contribution in [1.29, 1.82) is 0 Å². The molecule has 0 bridgehead atoms. The van der Waals surface area contributed by atoms with E-state index in [-0.39, 0.29) is 6.54 Å². The summed E-state index contributed by atoms with van der Waals surface area (Å²) in [6.45, 7) is 5.37. The summed E-state index contributed by atoms with van der Waals surface area (Å²) in [4.78, 5) is 18.4. The summed E-state index contributed by atoms with van der Waals surface area (Å²) >= 11 is 7.95. The molecule has 3 rings (SSSR count). The van der Waals surface area contributed by atoms with Crippen molar-refractivity contribution >= 4 is 60.5 Å². The lowest BCUT2D eigenvalue weighted by atomic mass is 10.1. The normalized spacial score (nSPS) is 11.0. The second-order valence-corrected chi connectivity index (χ2v) is 6.63. The standard InChI is InChI=1S/C16H13ClFN3O2S/c1-7-14(8(2)20-6-12(22)23-18)21-16(17)13-10-5-9(19)3-4-11(10)24-15(7)13/h3-5,20H,2,6,19H2,1H3. The third-order valence-electron chi connectivity index (χ3n) is 3.64. The fourth-order valence-electron chi connectivity index (χ4n) is 2.51. The summed E-state index contributed by atoms with van der Waals surface area (Å²) in [7, 11) is 0. The van der Waals surface area contributed by atoms with Crippen molar-refractivity contribution in [2.45, 2.75) is 6.92 Å². The molecule has 2 heterocycles. The van der Waals surface area contributed by atoms with Crippen LogP contribution in [0.3, 0.4) is 0 Å². The van der Waals surface area contributed by atoms with Crippen molar-refractivity contribution in [3.63, 3.8) is 0 Å². The van der Waals surface area contributed by atoms with Crippen molar-refractivity contribution in [2.24, 2.45) is 0 Å². The molecule has 2 aromatic heterocycles. The van der Waals surface area contributed by atoms with Crippen LogP contribution < -0.4 is 11.1 Å². The highest BCUT2D eigenvalue weighted by Gasteiger charge is 2.17. The lowest BCUT2D eigenvalue weighted by Crippen LogP contribution is -2.22. The Kier molecular flexibility index (Phi) is 4.29. The van der Waals surface area contributed by atoms with Gasteiger partial charge in [0.2, 0.25) is 0 Å². The molecule has 0 spiro atoms. The van der Waals surface area contributed by atoms with Gasteiger partial charge >= 0.3 is 5.97 Å². The number of halogens is 2. The summed E-state index contributed by atoms with van der Waals surface area (Å²) in [5, 5.41) is 4.78. The minimum atomic E-state index is -1.04. The quantitative estimate of drug-likeness (QED) is 0.540. The van der Waals surface area contributed by atoms with E-state index in [1.54, 1.807) is 11.3 Å². The molecule has 0 atom stereocenters. The van der Waals surface area contributed by atoms with E-state index >= 15 is 0 Å². The predicted octanol–water partition coefficient (Wildman–Crippen LogP) is 3.98. The molecule has 3 aromatic rings. The van der Waals surface area contributed by atoms with E-state index < -0.39 is 5.97 Å². The van der Waals surface area contributed by atoms with Gasteiger partial charge in [-0.05, 0) is 30.7 Å². The van der Waals surface area contributed by atoms with Gasteiger partial charge in [-0.1, -0.05) is 18.2 Å². The lowest BCUT2D eigenvalue weighted by molar-refractivity contribution is -0.182. The molecule has 124 valence electrons. The summed E-state index contributed by atoms with van der Waals surface area (Å²) < 4.78 is 13.8. The average Bonchev–Trinajstić information content (AvgIpc) is 2.95. The second-order valence-electron chi connectivity index (χ2n) is 5.22.